The third kappa shape index (κ3) is 3.08. The minimum atomic E-state index is -0.496. The van der Waals surface area contributed by atoms with Crippen LogP contribution in [0.1, 0.15) is 18.2 Å². The van der Waals surface area contributed by atoms with Crippen molar-refractivity contribution < 1.29 is 14.4 Å². The largest absolute Gasteiger partial charge is 0.461 e. The van der Waals surface area contributed by atoms with Gasteiger partial charge in [-0.05, 0) is 32.0 Å². The van der Waals surface area contributed by atoms with Gasteiger partial charge in [0.1, 0.15) is 11.5 Å². The maximum Gasteiger partial charge on any atom is 0.273 e. The zero-order valence-electron chi connectivity index (χ0n) is 11.1. The van der Waals surface area contributed by atoms with Gasteiger partial charge in [0.2, 0.25) is 0 Å². The summed E-state index contributed by atoms with van der Waals surface area (Å²) in [5, 5.41) is 20.3. The second kappa shape index (κ2) is 5.76. The van der Waals surface area contributed by atoms with E-state index in [9.17, 15) is 15.2 Å². The van der Waals surface area contributed by atoms with Crippen molar-refractivity contribution in [2.24, 2.45) is 0 Å². The monoisotopic (exact) mass is 339 g/mol. The molecule has 0 fully saturated rings. The van der Waals surface area contributed by atoms with Crippen molar-refractivity contribution in [2.45, 2.75) is 26.4 Å². The molecule has 1 atom stereocenters. The Morgan fingerprint density at radius 3 is 2.75 bits per heavy atom. The summed E-state index contributed by atoms with van der Waals surface area (Å²) >= 11 is 3.40. The fourth-order valence-corrected chi connectivity index (χ4v) is 2.62. The van der Waals surface area contributed by atoms with Gasteiger partial charge in [0.25, 0.3) is 5.69 Å². The van der Waals surface area contributed by atoms with Crippen LogP contribution in [-0.2, 0) is 6.42 Å². The van der Waals surface area contributed by atoms with Gasteiger partial charge in [-0.15, -0.1) is 0 Å². The number of rotatable bonds is 4. The summed E-state index contributed by atoms with van der Waals surface area (Å²) in [6.45, 7) is 3.36. The molecule has 2 rings (SSSR count). The Hall–Kier alpha value is -1.66. The number of nitro groups is 1. The van der Waals surface area contributed by atoms with Crippen LogP contribution in [-0.4, -0.2) is 16.1 Å². The van der Waals surface area contributed by atoms with Gasteiger partial charge in [0.15, 0.2) is 0 Å². The summed E-state index contributed by atoms with van der Waals surface area (Å²) in [6, 6.07) is 6.70. The molecule has 0 bridgehead atoms. The lowest BCUT2D eigenvalue weighted by molar-refractivity contribution is -0.385. The molecule has 0 saturated carbocycles. The molecule has 1 heterocycles. The molecule has 6 heteroatoms. The number of hydrogen-bond donors (Lipinski definition) is 1. The van der Waals surface area contributed by atoms with Gasteiger partial charge >= 0.3 is 0 Å². The predicted molar refractivity (Wildman–Crippen MR) is 78.6 cm³/mol. The standard InChI is InChI=1S/C14H14BrNO4/c1-8-5-12(15)11(7-13(8)16(18)19)14-4-3-10(20-14)6-9(2)17/h3-5,7,9,17H,6H2,1-2H3. The lowest BCUT2D eigenvalue weighted by atomic mass is 10.1. The van der Waals surface area contributed by atoms with Crippen LogP contribution in [0.25, 0.3) is 11.3 Å². The van der Waals surface area contributed by atoms with E-state index >= 15 is 0 Å². The van der Waals surface area contributed by atoms with E-state index in [0.717, 1.165) is 4.47 Å². The van der Waals surface area contributed by atoms with Crippen molar-refractivity contribution >= 4 is 21.6 Å². The molecule has 0 radical (unpaired) electrons. The summed E-state index contributed by atoms with van der Waals surface area (Å²) in [5.41, 5.74) is 1.26. The molecule has 0 aliphatic rings. The van der Waals surface area contributed by atoms with Crippen molar-refractivity contribution in [2.75, 3.05) is 0 Å². The fraction of sp³-hybridized carbons (Fsp3) is 0.286. The van der Waals surface area contributed by atoms with Crippen LogP contribution in [0.4, 0.5) is 5.69 Å². The zero-order valence-corrected chi connectivity index (χ0v) is 12.7. The lowest BCUT2D eigenvalue weighted by Crippen LogP contribution is -2.02. The quantitative estimate of drug-likeness (QED) is 0.677. The summed E-state index contributed by atoms with van der Waals surface area (Å²) in [6.07, 6.45) is -0.0873. The van der Waals surface area contributed by atoms with Crippen molar-refractivity contribution in [3.63, 3.8) is 0 Å². The SMILES string of the molecule is Cc1cc(Br)c(-c2ccc(CC(C)O)o2)cc1[N+](=O)[O-]. The lowest BCUT2D eigenvalue weighted by Gasteiger charge is -2.05. The Bertz CT molecular complexity index is 649. The number of nitro benzene ring substituents is 1. The molecular formula is C14H14BrNO4. The van der Waals surface area contributed by atoms with Crippen molar-refractivity contribution in [1.82, 2.24) is 0 Å². The summed E-state index contributed by atoms with van der Waals surface area (Å²) in [7, 11) is 0. The van der Waals surface area contributed by atoms with Gasteiger partial charge in [-0.2, -0.15) is 0 Å². The van der Waals surface area contributed by atoms with Crippen LogP contribution in [0.2, 0.25) is 0 Å². The Morgan fingerprint density at radius 2 is 2.15 bits per heavy atom. The maximum absolute atomic E-state index is 11.0. The van der Waals surface area contributed by atoms with E-state index in [-0.39, 0.29) is 5.69 Å². The van der Waals surface area contributed by atoms with Crippen LogP contribution in [0, 0.1) is 17.0 Å². The first-order valence-electron chi connectivity index (χ1n) is 6.10. The second-order valence-corrected chi connectivity index (χ2v) is 5.55. The van der Waals surface area contributed by atoms with Gasteiger partial charge in [-0.25, -0.2) is 0 Å². The minimum absolute atomic E-state index is 0.0525. The third-order valence-electron chi connectivity index (χ3n) is 2.91. The van der Waals surface area contributed by atoms with E-state index in [1.165, 1.54) is 6.07 Å². The first-order chi connectivity index (χ1) is 9.38. The van der Waals surface area contributed by atoms with Gasteiger partial charge in [-0.1, -0.05) is 15.9 Å². The molecule has 1 unspecified atom stereocenters. The molecule has 1 aromatic carbocycles. The molecular weight excluding hydrogens is 326 g/mol. The number of aliphatic hydroxyl groups is 1. The second-order valence-electron chi connectivity index (χ2n) is 4.69. The molecule has 0 aliphatic carbocycles. The van der Waals surface area contributed by atoms with Gasteiger partial charge in [-0.3, -0.25) is 10.1 Å². The normalized spacial score (nSPS) is 12.4. The number of furan rings is 1. The first-order valence-corrected chi connectivity index (χ1v) is 6.89. The smallest absolute Gasteiger partial charge is 0.273 e. The van der Waals surface area contributed by atoms with Crippen LogP contribution in [0.5, 0.6) is 0 Å². The number of aliphatic hydroxyl groups excluding tert-OH is 1. The van der Waals surface area contributed by atoms with Crippen molar-refractivity contribution in [3.8, 4) is 11.3 Å². The molecule has 0 spiro atoms. The number of halogens is 1. The average Bonchev–Trinajstić information content (AvgIpc) is 2.75. The van der Waals surface area contributed by atoms with E-state index < -0.39 is 11.0 Å². The van der Waals surface area contributed by atoms with Gasteiger partial charge < -0.3 is 9.52 Å². The van der Waals surface area contributed by atoms with Crippen molar-refractivity contribution in [3.05, 3.63) is 50.2 Å². The topological polar surface area (TPSA) is 76.5 Å². The molecule has 1 N–H and O–H groups in total. The molecule has 106 valence electrons. The minimum Gasteiger partial charge on any atom is -0.461 e. The molecule has 1 aromatic heterocycles. The average molecular weight is 340 g/mol. The van der Waals surface area contributed by atoms with E-state index in [0.29, 0.717) is 29.1 Å². The maximum atomic E-state index is 11.0. The molecule has 0 amide bonds. The number of aryl methyl sites for hydroxylation is 1. The van der Waals surface area contributed by atoms with E-state index in [2.05, 4.69) is 15.9 Å². The van der Waals surface area contributed by atoms with Gasteiger partial charge in [0, 0.05) is 28.1 Å². The van der Waals surface area contributed by atoms with Crippen LogP contribution in [0.15, 0.2) is 33.2 Å². The molecule has 0 saturated heterocycles. The molecule has 2 aromatic rings. The fourth-order valence-electron chi connectivity index (χ4n) is 1.97. The highest BCUT2D eigenvalue weighted by atomic mass is 79.9. The van der Waals surface area contributed by atoms with Crippen LogP contribution < -0.4 is 0 Å². The first kappa shape index (κ1) is 14.7. The highest BCUT2D eigenvalue weighted by molar-refractivity contribution is 9.10. The number of nitrogens with zero attached hydrogens (tertiary/aromatic N) is 1. The highest BCUT2D eigenvalue weighted by Gasteiger charge is 2.17. The van der Waals surface area contributed by atoms with E-state index in [4.69, 9.17) is 4.42 Å². The highest BCUT2D eigenvalue weighted by Crippen LogP contribution is 2.35. The molecule has 5 nitrogen and oxygen atoms in total. The number of benzene rings is 1. The molecule has 20 heavy (non-hydrogen) atoms. The van der Waals surface area contributed by atoms with Crippen molar-refractivity contribution in [1.29, 1.82) is 0 Å². The third-order valence-corrected chi connectivity index (χ3v) is 3.56. The van der Waals surface area contributed by atoms with E-state index in [1.54, 1.807) is 32.0 Å². The summed E-state index contributed by atoms with van der Waals surface area (Å²) in [5.74, 6) is 1.18. The van der Waals surface area contributed by atoms with Gasteiger partial charge in [0.05, 0.1) is 11.0 Å². The summed E-state index contributed by atoms with van der Waals surface area (Å²) in [4.78, 5) is 10.6. The Labute approximate surface area is 124 Å². The number of hydrogen-bond acceptors (Lipinski definition) is 4. The Balaban J connectivity index is 2.44. The Kier molecular flexibility index (Phi) is 4.25. The summed E-state index contributed by atoms with van der Waals surface area (Å²) < 4.78 is 6.36. The predicted octanol–water partition coefficient (Wildman–Crippen LogP) is 3.85. The van der Waals surface area contributed by atoms with E-state index in [1.807, 2.05) is 0 Å². The van der Waals surface area contributed by atoms with Crippen LogP contribution in [0.3, 0.4) is 0 Å². The Morgan fingerprint density at radius 1 is 1.45 bits per heavy atom. The molecule has 0 aliphatic heterocycles. The zero-order chi connectivity index (χ0) is 14.9. The van der Waals surface area contributed by atoms with Crippen LogP contribution >= 0.6 is 15.9 Å².